The molecule has 0 saturated heterocycles. The standard InChI is InChI=1S/C15H15FIN/c1-9-7-12(8-10(2)14(9)16)15(18)11-3-5-13(17)6-4-11/h3-8,15H,18H2,1-2H3. The highest BCUT2D eigenvalue weighted by Crippen LogP contribution is 2.24. The summed E-state index contributed by atoms with van der Waals surface area (Å²) < 4.78 is 14.8. The molecule has 1 atom stereocenters. The lowest BCUT2D eigenvalue weighted by atomic mass is 9.96. The Morgan fingerprint density at radius 2 is 1.50 bits per heavy atom. The summed E-state index contributed by atoms with van der Waals surface area (Å²) in [4.78, 5) is 0. The highest BCUT2D eigenvalue weighted by atomic mass is 127. The van der Waals surface area contributed by atoms with E-state index < -0.39 is 0 Å². The van der Waals surface area contributed by atoms with Gasteiger partial charge in [-0.3, -0.25) is 0 Å². The molecule has 0 aromatic heterocycles. The number of aryl methyl sites for hydroxylation is 2. The van der Waals surface area contributed by atoms with E-state index in [2.05, 4.69) is 22.6 Å². The van der Waals surface area contributed by atoms with Crippen LogP contribution in [0.5, 0.6) is 0 Å². The molecule has 18 heavy (non-hydrogen) atoms. The molecule has 0 amide bonds. The van der Waals surface area contributed by atoms with Crippen molar-refractivity contribution in [1.82, 2.24) is 0 Å². The van der Waals surface area contributed by atoms with Crippen molar-refractivity contribution in [3.8, 4) is 0 Å². The average Bonchev–Trinajstić information content (AvgIpc) is 2.35. The average molecular weight is 355 g/mol. The first-order chi connectivity index (χ1) is 8.49. The summed E-state index contributed by atoms with van der Waals surface area (Å²) in [6.07, 6.45) is 0. The van der Waals surface area contributed by atoms with Gasteiger partial charge >= 0.3 is 0 Å². The van der Waals surface area contributed by atoms with Crippen LogP contribution in [0.25, 0.3) is 0 Å². The molecular formula is C15H15FIN. The fourth-order valence-corrected chi connectivity index (χ4v) is 2.38. The second-order valence-corrected chi connectivity index (χ2v) is 5.74. The van der Waals surface area contributed by atoms with E-state index in [-0.39, 0.29) is 11.9 Å². The van der Waals surface area contributed by atoms with E-state index >= 15 is 0 Å². The molecule has 0 saturated carbocycles. The van der Waals surface area contributed by atoms with Crippen LogP contribution in [0.4, 0.5) is 4.39 Å². The van der Waals surface area contributed by atoms with E-state index in [1.807, 2.05) is 36.4 Å². The number of nitrogens with two attached hydrogens (primary N) is 1. The fourth-order valence-electron chi connectivity index (χ4n) is 2.02. The third-order valence-electron chi connectivity index (χ3n) is 3.05. The first-order valence-electron chi connectivity index (χ1n) is 5.76. The Labute approximate surface area is 120 Å². The van der Waals surface area contributed by atoms with E-state index in [9.17, 15) is 4.39 Å². The number of hydrogen-bond acceptors (Lipinski definition) is 1. The zero-order chi connectivity index (χ0) is 13.3. The predicted octanol–water partition coefficient (Wildman–Crippen LogP) is 4.10. The number of rotatable bonds is 2. The van der Waals surface area contributed by atoms with Crippen molar-refractivity contribution in [2.45, 2.75) is 19.9 Å². The Hall–Kier alpha value is -0.940. The first kappa shape index (κ1) is 13.5. The molecule has 2 rings (SSSR count). The first-order valence-corrected chi connectivity index (χ1v) is 6.84. The van der Waals surface area contributed by atoms with Gasteiger partial charge in [-0.05, 0) is 70.8 Å². The van der Waals surface area contributed by atoms with E-state index in [4.69, 9.17) is 5.73 Å². The van der Waals surface area contributed by atoms with E-state index in [1.54, 1.807) is 13.8 Å². The molecule has 1 unspecified atom stereocenters. The van der Waals surface area contributed by atoms with E-state index in [0.29, 0.717) is 11.1 Å². The third-order valence-corrected chi connectivity index (χ3v) is 3.77. The summed E-state index contributed by atoms with van der Waals surface area (Å²) in [6.45, 7) is 3.54. The topological polar surface area (TPSA) is 26.0 Å². The van der Waals surface area contributed by atoms with E-state index in [1.165, 1.54) is 3.57 Å². The number of halogens is 2. The van der Waals surface area contributed by atoms with Crippen molar-refractivity contribution in [3.63, 3.8) is 0 Å². The van der Waals surface area contributed by atoms with Gasteiger partial charge in [0.2, 0.25) is 0 Å². The monoisotopic (exact) mass is 355 g/mol. The summed E-state index contributed by atoms with van der Waals surface area (Å²) >= 11 is 2.26. The van der Waals surface area contributed by atoms with Crippen molar-refractivity contribution in [1.29, 1.82) is 0 Å². The van der Waals surface area contributed by atoms with Crippen LogP contribution in [0, 0.1) is 23.2 Å². The zero-order valence-corrected chi connectivity index (χ0v) is 12.5. The van der Waals surface area contributed by atoms with Crippen LogP contribution in [0.2, 0.25) is 0 Å². The summed E-state index contributed by atoms with van der Waals surface area (Å²) in [5, 5.41) is 0. The lowest BCUT2D eigenvalue weighted by Gasteiger charge is -2.15. The molecule has 0 spiro atoms. The molecule has 0 aliphatic carbocycles. The number of benzene rings is 2. The predicted molar refractivity (Wildman–Crippen MR) is 81.1 cm³/mol. The van der Waals surface area contributed by atoms with Crippen LogP contribution < -0.4 is 5.73 Å². The van der Waals surface area contributed by atoms with Crippen molar-refractivity contribution in [2.24, 2.45) is 5.73 Å². The minimum atomic E-state index is -0.208. The Bertz CT molecular complexity index is 540. The Balaban J connectivity index is 2.39. The molecule has 2 aromatic rings. The molecule has 0 radical (unpaired) electrons. The second-order valence-electron chi connectivity index (χ2n) is 4.50. The molecule has 0 aliphatic heterocycles. The minimum Gasteiger partial charge on any atom is -0.320 e. The van der Waals surface area contributed by atoms with Crippen molar-refractivity contribution in [2.75, 3.05) is 0 Å². The summed E-state index contributed by atoms with van der Waals surface area (Å²) in [7, 11) is 0. The highest BCUT2D eigenvalue weighted by molar-refractivity contribution is 14.1. The Kier molecular flexibility index (Phi) is 4.02. The molecule has 2 N–H and O–H groups in total. The van der Waals surface area contributed by atoms with Crippen LogP contribution in [0.15, 0.2) is 36.4 Å². The molecule has 3 heteroatoms. The van der Waals surface area contributed by atoms with Crippen LogP contribution in [-0.2, 0) is 0 Å². The van der Waals surface area contributed by atoms with Crippen LogP contribution in [0.3, 0.4) is 0 Å². The summed E-state index contributed by atoms with van der Waals surface area (Å²) in [5.41, 5.74) is 9.51. The molecule has 0 fully saturated rings. The smallest absolute Gasteiger partial charge is 0.129 e. The third kappa shape index (κ3) is 2.72. The molecular weight excluding hydrogens is 340 g/mol. The van der Waals surface area contributed by atoms with Crippen LogP contribution in [-0.4, -0.2) is 0 Å². The van der Waals surface area contributed by atoms with Gasteiger partial charge in [0.25, 0.3) is 0 Å². The van der Waals surface area contributed by atoms with Crippen LogP contribution in [0.1, 0.15) is 28.3 Å². The SMILES string of the molecule is Cc1cc(C(N)c2ccc(I)cc2)cc(C)c1F. The normalized spacial score (nSPS) is 12.5. The van der Waals surface area contributed by atoms with Gasteiger partial charge < -0.3 is 5.73 Å². The van der Waals surface area contributed by atoms with Crippen molar-refractivity contribution < 1.29 is 4.39 Å². The summed E-state index contributed by atoms with van der Waals surface area (Å²) in [6, 6.07) is 11.5. The lowest BCUT2D eigenvalue weighted by Crippen LogP contribution is -2.12. The lowest BCUT2D eigenvalue weighted by molar-refractivity contribution is 0.607. The van der Waals surface area contributed by atoms with Gasteiger partial charge in [0.05, 0.1) is 6.04 Å². The minimum absolute atomic E-state index is 0.145. The van der Waals surface area contributed by atoms with Gasteiger partial charge in [0.15, 0.2) is 0 Å². The maximum Gasteiger partial charge on any atom is 0.129 e. The van der Waals surface area contributed by atoms with E-state index in [0.717, 1.165) is 11.1 Å². The number of hydrogen-bond donors (Lipinski definition) is 1. The van der Waals surface area contributed by atoms with Gasteiger partial charge in [-0.1, -0.05) is 24.3 Å². The van der Waals surface area contributed by atoms with Gasteiger partial charge in [-0.25, -0.2) is 4.39 Å². The molecule has 2 aromatic carbocycles. The molecule has 94 valence electrons. The highest BCUT2D eigenvalue weighted by Gasteiger charge is 2.12. The second kappa shape index (κ2) is 5.36. The maximum absolute atomic E-state index is 13.6. The molecule has 0 aliphatic rings. The molecule has 0 bridgehead atoms. The maximum atomic E-state index is 13.6. The van der Waals surface area contributed by atoms with Crippen molar-refractivity contribution in [3.05, 3.63) is 68.0 Å². The van der Waals surface area contributed by atoms with Gasteiger partial charge in [-0.15, -0.1) is 0 Å². The van der Waals surface area contributed by atoms with Crippen LogP contribution >= 0.6 is 22.6 Å². The van der Waals surface area contributed by atoms with Crippen molar-refractivity contribution >= 4 is 22.6 Å². The Morgan fingerprint density at radius 3 is 2.00 bits per heavy atom. The fraction of sp³-hybridized carbons (Fsp3) is 0.200. The molecule has 0 heterocycles. The quantitative estimate of drug-likeness (QED) is 0.807. The van der Waals surface area contributed by atoms with Gasteiger partial charge in [0, 0.05) is 3.57 Å². The summed E-state index contributed by atoms with van der Waals surface area (Å²) in [5.74, 6) is -0.145. The molecule has 1 nitrogen and oxygen atoms in total. The Morgan fingerprint density at radius 1 is 1.00 bits per heavy atom. The van der Waals surface area contributed by atoms with Gasteiger partial charge in [0.1, 0.15) is 5.82 Å². The zero-order valence-electron chi connectivity index (χ0n) is 10.4. The largest absolute Gasteiger partial charge is 0.320 e. The van der Waals surface area contributed by atoms with Gasteiger partial charge in [-0.2, -0.15) is 0 Å².